The third kappa shape index (κ3) is 5.08. The zero-order chi connectivity index (χ0) is 15.1. The van der Waals surface area contributed by atoms with Gasteiger partial charge in [-0.25, -0.2) is 0 Å². The van der Waals surface area contributed by atoms with Crippen molar-refractivity contribution < 1.29 is 0 Å². The summed E-state index contributed by atoms with van der Waals surface area (Å²) >= 11 is 1.89. The minimum absolute atomic E-state index is 0.732. The topological polar surface area (TPSA) is 15.3 Å². The van der Waals surface area contributed by atoms with E-state index in [1.54, 1.807) is 0 Å². The molecule has 0 aromatic carbocycles. The van der Waals surface area contributed by atoms with Gasteiger partial charge in [-0.1, -0.05) is 33.3 Å². The minimum atomic E-state index is 0.732. The van der Waals surface area contributed by atoms with E-state index in [1.165, 1.54) is 37.1 Å². The Labute approximate surface area is 134 Å². The number of nitrogens with one attached hydrogen (secondary N) is 1. The van der Waals surface area contributed by atoms with Crippen LogP contribution in [0.15, 0.2) is 17.5 Å². The van der Waals surface area contributed by atoms with Crippen LogP contribution in [0.5, 0.6) is 0 Å². The highest BCUT2D eigenvalue weighted by molar-refractivity contribution is 7.09. The van der Waals surface area contributed by atoms with Crippen LogP contribution in [0.2, 0.25) is 0 Å². The third-order valence-corrected chi connectivity index (χ3v) is 5.90. The molecule has 0 spiro atoms. The second-order valence-corrected chi connectivity index (χ2v) is 7.45. The smallest absolute Gasteiger partial charge is 0.0327 e. The first kappa shape index (κ1) is 17.0. The summed E-state index contributed by atoms with van der Waals surface area (Å²) in [5, 5.41) is 5.94. The quantitative estimate of drug-likeness (QED) is 0.767. The van der Waals surface area contributed by atoms with Gasteiger partial charge in [-0.3, -0.25) is 4.90 Å². The van der Waals surface area contributed by atoms with Crippen LogP contribution >= 0.6 is 11.3 Å². The van der Waals surface area contributed by atoms with E-state index >= 15 is 0 Å². The van der Waals surface area contributed by atoms with Crippen molar-refractivity contribution in [3.8, 4) is 0 Å². The summed E-state index contributed by atoms with van der Waals surface area (Å²) in [4.78, 5) is 4.14. The van der Waals surface area contributed by atoms with Gasteiger partial charge in [0.05, 0.1) is 0 Å². The molecule has 120 valence electrons. The number of hydrogen-bond acceptors (Lipinski definition) is 3. The van der Waals surface area contributed by atoms with E-state index in [0.29, 0.717) is 0 Å². The molecule has 0 bridgehead atoms. The summed E-state index contributed by atoms with van der Waals surface area (Å²) in [5.41, 5.74) is 0. The molecule has 2 rings (SSSR count). The highest BCUT2D eigenvalue weighted by atomic mass is 32.1. The molecule has 2 nitrogen and oxygen atoms in total. The van der Waals surface area contributed by atoms with E-state index in [0.717, 1.165) is 37.5 Å². The fraction of sp³-hybridized carbons (Fsp3) is 0.778. The van der Waals surface area contributed by atoms with E-state index < -0.39 is 0 Å². The van der Waals surface area contributed by atoms with Gasteiger partial charge in [0, 0.05) is 24.0 Å². The molecular formula is C18H32N2S. The lowest BCUT2D eigenvalue weighted by atomic mass is 9.76. The zero-order valence-corrected chi connectivity index (χ0v) is 14.8. The van der Waals surface area contributed by atoms with E-state index in [2.05, 4.69) is 48.5 Å². The molecule has 1 N–H and O–H groups in total. The van der Waals surface area contributed by atoms with Crippen LogP contribution in [0.4, 0.5) is 0 Å². The Kier molecular flexibility index (Phi) is 7.21. The maximum Gasteiger partial charge on any atom is 0.0327 e. The van der Waals surface area contributed by atoms with Crippen molar-refractivity contribution in [2.24, 2.45) is 11.8 Å². The maximum atomic E-state index is 3.74. The van der Waals surface area contributed by atoms with Crippen LogP contribution in [-0.4, -0.2) is 30.6 Å². The van der Waals surface area contributed by atoms with Crippen LogP contribution in [0, 0.1) is 11.8 Å². The molecular weight excluding hydrogens is 276 g/mol. The van der Waals surface area contributed by atoms with Gasteiger partial charge >= 0.3 is 0 Å². The van der Waals surface area contributed by atoms with Crippen molar-refractivity contribution in [1.29, 1.82) is 0 Å². The molecule has 0 radical (unpaired) electrons. The highest BCUT2D eigenvalue weighted by Crippen LogP contribution is 2.32. The highest BCUT2D eigenvalue weighted by Gasteiger charge is 2.30. The molecule has 3 heteroatoms. The van der Waals surface area contributed by atoms with Crippen molar-refractivity contribution in [2.75, 3.05) is 19.6 Å². The molecule has 1 aromatic rings. The average molecular weight is 309 g/mol. The van der Waals surface area contributed by atoms with E-state index in [1.807, 2.05) is 11.3 Å². The zero-order valence-electron chi connectivity index (χ0n) is 14.0. The van der Waals surface area contributed by atoms with Crippen molar-refractivity contribution >= 4 is 11.3 Å². The maximum absolute atomic E-state index is 3.74. The number of hydrogen-bond donors (Lipinski definition) is 1. The summed E-state index contributed by atoms with van der Waals surface area (Å²) in [6, 6.07) is 5.17. The van der Waals surface area contributed by atoms with Gasteiger partial charge in [-0.15, -0.1) is 11.3 Å². The number of rotatable bonds is 8. The van der Waals surface area contributed by atoms with Gasteiger partial charge < -0.3 is 5.32 Å². The van der Waals surface area contributed by atoms with Crippen LogP contribution < -0.4 is 5.32 Å². The fourth-order valence-corrected chi connectivity index (χ4v) is 4.47. The first-order valence-electron chi connectivity index (χ1n) is 8.74. The SMILES string of the molecule is CCNC1CCC(CC)CC1CN(CC)Cc1cccs1. The van der Waals surface area contributed by atoms with Crippen molar-refractivity contribution in [3.05, 3.63) is 22.4 Å². The van der Waals surface area contributed by atoms with Gasteiger partial charge in [0.2, 0.25) is 0 Å². The van der Waals surface area contributed by atoms with Crippen LogP contribution in [0.25, 0.3) is 0 Å². The van der Waals surface area contributed by atoms with Crippen LogP contribution in [0.3, 0.4) is 0 Å². The Balaban J connectivity index is 1.94. The van der Waals surface area contributed by atoms with E-state index in [-0.39, 0.29) is 0 Å². The van der Waals surface area contributed by atoms with Crippen LogP contribution in [0.1, 0.15) is 51.3 Å². The van der Waals surface area contributed by atoms with E-state index in [4.69, 9.17) is 0 Å². The molecule has 1 aromatic heterocycles. The first-order chi connectivity index (χ1) is 10.3. The largest absolute Gasteiger partial charge is 0.314 e. The van der Waals surface area contributed by atoms with E-state index in [9.17, 15) is 0 Å². The van der Waals surface area contributed by atoms with Gasteiger partial charge in [0.1, 0.15) is 0 Å². The second-order valence-electron chi connectivity index (χ2n) is 6.42. The van der Waals surface area contributed by atoms with Gasteiger partial charge in [-0.2, -0.15) is 0 Å². The minimum Gasteiger partial charge on any atom is -0.314 e. The lowest BCUT2D eigenvalue weighted by Crippen LogP contribution is -2.45. The molecule has 1 fully saturated rings. The second kappa shape index (κ2) is 8.92. The Bertz CT molecular complexity index is 377. The number of nitrogens with zero attached hydrogens (tertiary/aromatic N) is 1. The predicted octanol–water partition coefficient (Wildman–Crippen LogP) is 4.37. The summed E-state index contributed by atoms with van der Waals surface area (Å²) in [5.74, 6) is 1.77. The van der Waals surface area contributed by atoms with Gasteiger partial charge in [0.15, 0.2) is 0 Å². The molecule has 1 saturated carbocycles. The monoisotopic (exact) mass is 308 g/mol. The van der Waals surface area contributed by atoms with Gasteiger partial charge in [-0.05, 0) is 55.6 Å². The molecule has 0 aliphatic heterocycles. The standard InChI is InChI=1S/C18H32N2S/c1-4-15-9-10-18(19-5-2)16(12-15)13-20(6-3)14-17-8-7-11-21-17/h7-8,11,15-16,18-19H,4-6,9-10,12-14H2,1-3H3. The summed E-state index contributed by atoms with van der Waals surface area (Å²) in [7, 11) is 0. The molecule has 1 heterocycles. The van der Waals surface area contributed by atoms with Crippen molar-refractivity contribution in [2.45, 2.75) is 59.0 Å². The normalized spacial score (nSPS) is 26.4. The molecule has 3 unspecified atom stereocenters. The van der Waals surface area contributed by atoms with Crippen LogP contribution in [-0.2, 0) is 6.54 Å². The van der Waals surface area contributed by atoms with Crippen molar-refractivity contribution in [3.63, 3.8) is 0 Å². The fourth-order valence-electron chi connectivity index (χ4n) is 3.72. The Morgan fingerprint density at radius 3 is 2.76 bits per heavy atom. The molecule has 1 aliphatic rings. The number of thiophene rings is 1. The predicted molar refractivity (Wildman–Crippen MR) is 93.9 cm³/mol. The Morgan fingerprint density at radius 2 is 2.14 bits per heavy atom. The average Bonchev–Trinajstić information content (AvgIpc) is 3.01. The lowest BCUT2D eigenvalue weighted by Gasteiger charge is -2.39. The third-order valence-electron chi connectivity index (χ3n) is 5.03. The summed E-state index contributed by atoms with van der Waals surface area (Å²) in [6.45, 7) is 11.5. The Hall–Kier alpha value is -0.380. The molecule has 21 heavy (non-hydrogen) atoms. The molecule has 0 amide bonds. The van der Waals surface area contributed by atoms with Gasteiger partial charge in [0.25, 0.3) is 0 Å². The first-order valence-corrected chi connectivity index (χ1v) is 9.62. The summed E-state index contributed by atoms with van der Waals surface area (Å²) < 4.78 is 0. The molecule has 3 atom stereocenters. The van der Waals surface area contributed by atoms with Crippen molar-refractivity contribution in [1.82, 2.24) is 10.2 Å². The molecule has 0 saturated heterocycles. The molecule has 1 aliphatic carbocycles. The Morgan fingerprint density at radius 1 is 1.29 bits per heavy atom. The lowest BCUT2D eigenvalue weighted by molar-refractivity contribution is 0.138. The summed E-state index contributed by atoms with van der Waals surface area (Å²) in [6.07, 6.45) is 5.55.